The Balaban J connectivity index is 1.97. The lowest BCUT2D eigenvalue weighted by atomic mass is 10.1. The largest absolute Gasteiger partial charge is 0.462 e. The fourth-order valence-corrected chi connectivity index (χ4v) is 3.80. The number of rotatable bonds is 7. The zero-order valence-corrected chi connectivity index (χ0v) is 16.0. The Morgan fingerprint density at radius 1 is 1.14 bits per heavy atom. The van der Waals surface area contributed by atoms with E-state index < -0.39 is 16.8 Å². The van der Waals surface area contributed by atoms with Crippen molar-refractivity contribution in [1.82, 2.24) is 0 Å². The molecule has 1 heterocycles. The van der Waals surface area contributed by atoms with Gasteiger partial charge in [0.1, 0.15) is 16.1 Å². The molecule has 0 saturated heterocycles. The highest BCUT2D eigenvalue weighted by Gasteiger charge is 2.25. The second-order valence-corrected chi connectivity index (χ2v) is 7.07. The number of carbonyl (C=O) groups is 2. The number of unbranched alkanes of at least 4 members (excludes halogenated alkanes) is 1. The molecule has 1 amide bonds. The van der Waals surface area contributed by atoms with Gasteiger partial charge in [-0.1, -0.05) is 43.7 Å². The monoisotopic (exact) mass is 398 g/mol. The minimum Gasteiger partial charge on any atom is -0.462 e. The summed E-state index contributed by atoms with van der Waals surface area (Å²) < 4.78 is 6.14. The number of amides is 1. The predicted octanol–water partition coefficient (Wildman–Crippen LogP) is 5.02. The van der Waals surface area contributed by atoms with E-state index in [1.807, 2.05) is 19.1 Å². The lowest BCUT2D eigenvalue weighted by Crippen LogP contribution is -2.16. The van der Waals surface area contributed by atoms with Crippen molar-refractivity contribution in [2.24, 2.45) is 0 Å². The molecule has 2 aromatic carbocycles. The lowest BCUT2D eigenvalue weighted by Gasteiger charge is -2.08. The van der Waals surface area contributed by atoms with Gasteiger partial charge in [0, 0.05) is 16.2 Å². The van der Waals surface area contributed by atoms with Gasteiger partial charge in [-0.3, -0.25) is 14.9 Å². The van der Waals surface area contributed by atoms with Crippen LogP contribution >= 0.6 is 11.3 Å². The van der Waals surface area contributed by atoms with Crippen LogP contribution in [0.2, 0.25) is 0 Å². The number of nitrogens with zero attached hydrogens (tertiary/aromatic N) is 1. The Morgan fingerprint density at radius 3 is 2.61 bits per heavy atom. The van der Waals surface area contributed by atoms with Crippen LogP contribution in [0.3, 0.4) is 0 Å². The van der Waals surface area contributed by atoms with Crippen LogP contribution in [-0.2, 0) is 4.74 Å². The Morgan fingerprint density at radius 2 is 1.86 bits per heavy atom. The number of anilines is 1. The molecule has 3 rings (SSSR count). The van der Waals surface area contributed by atoms with Gasteiger partial charge in [-0.05, 0) is 18.6 Å². The van der Waals surface area contributed by atoms with Crippen LogP contribution in [0.15, 0.2) is 48.5 Å². The summed E-state index contributed by atoms with van der Waals surface area (Å²) >= 11 is 1.23. The molecule has 0 atom stereocenters. The molecule has 0 bridgehead atoms. The first-order valence-corrected chi connectivity index (χ1v) is 9.58. The summed E-state index contributed by atoms with van der Waals surface area (Å²) in [5.41, 5.74) is -0.105. The van der Waals surface area contributed by atoms with E-state index in [-0.39, 0.29) is 23.4 Å². The molecule has 0 spiro atoms. The van der Waals surface area contributed by atoms with Crippen LogP contribution in [0.1, 0.15) is 40.5 Å². The Kier molecular flexibility index (Phi) is 6.00. The first kappa shape index (κ1) is 19.5. The number of ether oxygens (including phenoxy) is 1. The number of hydrogen-bond donors (Lipinski definition) is 1. The maximum absolute atomic E-state index is 12.7. The fraction of sp³-hybridized carbons (Fsp3) is 0.200. The summed E-state index contributed by atoms with van der Waals surface area (Å²) in [6.45, 7) is 2.28. The Bertz CT molecular complexity index is 1040. The van der Waals surface area contributed by atoms with Crippen molar-refractivity contribution >= 4 is 44.0 Å². The Hall–Kier alpha value is -3.26. The number of carbonyl (C=O) groups excluding carboxylic acids is 2. The first-order chi connectivity index (χ1) is 13.5. The van der Waals surface area contributed by atoms with Crippen molar-refractivity contribution in [3.63, 3.8) is 0 Å². The van der Waals surface area contributed by atoms with Crippen LogP contribution in [0, 0.1) is 10.1 Å². The number of nitro groups is 1. The number of esters is 1. The van der Waals surface area contributed by atoms with Crippen molar-refractivity contribution in [3.8, 4) is 0 Å². The molecule has 0 unspecified atom stereocenters. The number of benzene rings is 2. The van der Waals surface area contributed by atoms with Gasteiger partial charge in [-0.25, -0.2) is 4.79 Å². The summed E-state index contributed by atoms with van der Waals surface area (Å²) in [5.74, 6) is -1.18. The van der Waals surface area contributed by atoms with Crippen molar-refractivity contribution in [1.29, 1.82) is 0 Å². The standard InChI is InChI=1S/C20H18N2O5S/c1-2-3-12-27-20(24)17-14-9-5-7-11-16(14)28-19(17)21-18(23)13-8-4-6-10-15(13)22(25)26/h4-11H,2-3,12H2,1H3,(H,21,23). The van der Waals surface area contributed by atoms with Gasteiger partial charge in [-0.15, -0.1) is 11.3 Å². The van der Waals surface area contributed by atoms with Gasteiger partial charge in [0.15, 0.2) is 0 Å². The molecular formula is C20H18N2O5S. The minimum absolute atomic E-state index is 0.0738. The lowest BCUT2D eigenvalue weighted by molar-refractivity contribution is -0.385. The molecule has 0 aliphatic heterocycles. The molecule has 1 aromatic heterocycles. The van der Waals surface area contributed by atoms with Crippen LogP contribution in [0.5, 0.6) is 0 Å². The van der Waals surface area contributed by atoms with E-state index in [2.05, 4.69) is 5.32 Å². The number of hydrogen-bond acceptors (Lipinski definition) is 6. The average Bonchev–Trinajstić information content (AvgIpc) is 3.05. The molecule has 0 aliphatic carbocycles. The van der Waals surface area contributed by atoms with E-state index in [4.69, 9.17) is 4.74 Å². The predicted molar refractivity (Wildman–Crippen MR) is 108 cm³/mol. The van der Waals surface area contributed by atoms with E-state index in [0.29, 0.717) is 10.4 Å². The molecular weight excluding hydrogens is 380 g/mol. The van der Waals surface area contributed by atoms with Crippen LogP contribution in [0.4, 0.5) is 10.7 Å². The van der Waals surface area contributed by atoms with Gasteiger partial charge in [0.2, 0.25) is 0 Å². The zero-order chi connectivity index (χ0) is 20.1. The molecule has 1 N–H and O–H groups in total. The summed E-state index contributed by atoms with van der Waals surface area (Å²) in [6.07, 6.45) is 1.63. The number of nitrogens with one attached hydrogen (secondary N) is 1. The molecule has 0 aliphatic rings. The smallest absolute Gasteiger partial charge is 0.341 e. The van der Waals surface area contributed by atoms with Crippen LogP contribution in [-0.4, -0.2) is 23.4 Å². The molecule has 3 aromatic rings. The molecule has 0 radical (unpaired) electrons. The second kappa shape index (κ2) is 8.62. The third-order valence-electron chi connectivity index (χ3n) is 4.10. The number of thiophene rings is 1. The topological polar surface area (TPSA) is 98.5 Å². The van der Waals surface area contributed by atoms with Crippen LogP contribution < -0.4 is 5.32 Å². The SMILES string of the molecule is CCCCOC(=O)c1c(NC(=O)c2ccccc2[N+](=O)[O-])sc2ccccc12. The molecule has 0 fully saturated rings. The highest BCUT2D eigenvalue weighted by Crippen LogP contribution is 2.36. The molecule has 8 heteroatoms. The maximum Gasteiger partial charge on any atom is 0.341 e. The van der Waals surface area contributed by atoms with Crippen molar-refractivity contribution in [3.05, 3.63) is 69.8 Å². The van der Waals surface area contributed by atoms with E-state index in [9.17, 15) is 19.7 Å². The first-order valence-electron chi connectivity index (χ1n) is 8.76. The summed E-state index contributed by atoms with van der Waals surface area (Å²) in [5, 5.41) is 14.8. The summed E-state index contributed by atoms with van der Waals surface area (Å²) in [7, 11) is 0. The number of para-hydroxylation sites is 1. The average molecular weight is 398 g/mol. The third-order valence-corrected chi connectivity index (χ3v) is 5.19. The van der Waals surface area contributed by atoms with E-state index in [1.165, 1.54) is 29.5 Å². The number of fused-ring (bicyclic) bond motifs is 1. The van der Waals surface area contributed by atoms with Crippen molar-refractivity contribution < 1.29 is 19.2 Å². The molecule has 7 nitrogen and oxygen atoms in total. The van der Waals surface area contributed by atoms with Gasteiger partial charge in [-0.2, -0.15) is 0 Å². The quantitative estimate of drug-likeness (QED) is 0.261. The highest BCUT2D eigenvalue weighted by molar-refractivity contribution is 7.23. The van der Waals surface area contributed by atoms with E-state index in [0.717, 1.165) is 17.5 Å². The molecule has 144 valence electrons. The number of nitro benzene ring substituents is 1. The van der Waals surface area contributed by atoms with Gasteiger partial charge >= 0.3 is 5.97 Å². The van der Waals surface area contributed by atoms with E-state index in [1.54, 1.807) is 18.2 Å². The summed E-state index contributed by atoms with van der Waals surface area (Å²) in [6, 6.07) is 12.9. The Labute approximate surface area is 165 Å². The fourth-order valence-electron chi connectivity index (χ4n) is 2.71. The van der Waals surface area contributed by atoms with Crippen molar-refractivity contribution in [2.45, 2.75) is 19.8 Å². The third kappa shape index (κ3) is 4.01. The zero-order valence-electron chi connectivity index (χ0n) is 15.1. The van der Waals surface area contributed by atoms with Gasteiger partial charge in [0.25, 0.3) is 11.6 Å². The molecule has 28 heavy (non-hydrogen) atoms. The van der Waals surface area contributed by atoms with Gasteiger partial charge < -0.3 is 10.1 Å². The highest BCUT2D eigenvalue weighted by atomic mass is 32.1. The summed E-state index contributed by atoms with van der Waals surface area (Å²) in [4.78, 5) is 35.9. The van der Waals surface area contributed by atoms with Gasteiger partial charge in [0.05, 0.1) is 11.5 Å². The molecule has 0 saturated carbocycles. The van der Waals surface area contributed by atoms with Crippen LogP contribution in [0.25, 0.3) is 10.1 Å². The second-order valence-electron chi connectivity index (χ2n) is 6.02. The van der Waals surface area contributed by atoms with E-state index >= 15 is 0 Å². The normalized spacial score (nSPS) is 10.6. The maximum atomic E-state index is 12.7. The minimum atomic E-state index is -0.651. The van der Waals surface area contributed by atoms with Crippen molar-refractivity contribution in [2.75, 3.05) is 11.9 Å².